The van der Waals surface area contributed by atoms with E-state index >= 15 is 0 Å². The molecule has 4 nitrogen and oxygen atoms in total. The van der Waals surface area contributed by atoms with Crippen molar-refractivity contribution in [3.05, 3.63) is 53.3 Å². The van der Waals surface area contributed by atoms with E-state index in [1.165, 1.54) is 27.1 Å². The molecule has 3 aromatic rings. The maximum atomic E-state index is 13.3. The van der Waals surface area contributed by atoms with Gasteiger partial charge in [0, 0.05) is 55.8 Å². The number of halogens is 2. The average molecular weight is 397 g/mol. The fourth-order valence-electron chi connectivity index (χ4n) is 4.19. The summed E-state index contributed by atoms with van der Waals surface area (Å²) in [6.45, 7) is 4.40. The number of benzene rings is 1. The van der Waals surface area contributed by atoms with Crippen LogP contribution in [0.1, 0.15) is 41.4 Å². The number of hydrogen-bond donors (Lipinski definition) is 0. The minimum atomic E-state index is -2.66. The van der Waals surface area contributed by atoms with Crippen LogP contribution in [0.5, 0.6) is 0 Å². The second-order valence-corrected chi connectivity index (χ2v) is 7.86. The summed E-state index contributed by atoms with van der Waals surface area (Å²) >= 11 is 0. The van der Waals surface area contributed by atoms with E-state index in [0.29, 0.717) is 5.56 Å². The number of amides is 1. The lowest BCUT2D eigenvalue weighted by molar-refractivity contribution is -0.0494. The maximum absolute atomic E-state index is 13.3. The minimum absolute atomic E-state index is 0.0806. The van der Waals surface area contributed by atoms with E-state index in [9.17, 15) is 13.6 Å². The van der Waals surface area contributed by atoms with E-state index in [2.05, 4.69) is 48.6 Å². The third-order valence-corrected chi connectivity index (χ3v) is 5.87. The molecule has 0 saturated carbocycles. The lowest BCUT2D eigenvalue weighted by Crippen LogP contribution is -2.42. The van der Waals surface area contributed by atoms with Crippen molar-refractivity contribution < 1.29 is 13.6 Å². The van der Waals surface area contributed by atoms with Crippen LogP contribution in [-0.2, 0) is 13.5 Å². The smallest absolute Gasteiger partial charge is 0.255 e. The molecule has 152 valence electrons. The second kappa shape index (κ2) is 7.25. The molecule has 0 atom stereocenters. The third kappa shape index (κ3) is 3.63. The Labute approximate surface area is 169 Å². The molecule has 4 rings (SSSR count). The van der Waals surface area contributed by atoms with Crippen LogP contribution < -0.4 is 0 Å². The number of carbonyl (C=O) groups excluding carboxylic acids is 1. The van der Waals surface area contributed by atoms with Crippen LogP contribution in [0.4, 0.5) is 8.78 Å². The Kier molecular flexibility index (Phi) is 4.89. The summed E-state index contributed by atoms with van der Waals surface area (Å²) in [5.74, 6) is -2.90. The molecule has 3 heterocycles. The molecule has 1 fully saturated rings. The van der Waals surface area contributed by atoms with E-state index < -0.39 is 5.92 Å². The highest BCUT2D eigenvalue weighted by molar-refractivity contribution is 5.94. The highest BCUT2D eigenvalue weighted by Gasteiger charge is 2.35. The Balaban J connectivity index is 1.59. The summed E-state index contributed by atoms with van der Waals surface area (Å²) in [4.78, 5) is 18.6. The SMILES string of the molecule is CCc1cc2cc(-c3ccc(C(=O)N4CCC(F)(F)CC4)cn3)cc(C)c2n1C. The average Bonchev–Trinajstić information content (AvgIpc) is 3.03. The number of hydrogen-bond acceptors (Lipinski definition) is 2. The number of rotatable bonds is 3. The van der Waals surface area contributed by atoms with E-state index in [1.807, 2.05) is 6.07 Å². The molecule has 0 bridgehead atoms. The first-order valence-corrected chi connectivity index (χ1v) is 10.0. The lowest BCUT2D eigenvalue weighted by Gasteiger charge is -2.31. The van der Waals surface area contributed by atoms with Crippen molar-refractivity contribution in [1.82, 2.24) is 14.5 Å². The van der Waals surface area contributed by atoms with Gasteiger partial charge in [0.25, 0.3) is 11.8 Å². The number of aryl methyl sites for hydroxylation is 3. The van der Waals surface area contributed by atoms with Crippen molar-refractivity contribution in [2.24, 2.45) is 7.05 Å². The first-order chi connectivity index (χ1) is 13.8. The predicted molar refractivity (Wildman–Crippen MR) is 110 cm³/mol. The molecule has 2 aromatic heterocycles. The summed E-state index contributed by atoms with van der Waals surface area (Å²) in [6.07, 6.45) is 1.96. The van der Waals surface area contributed by atoms with Crippen LogP contribution in [0.15, 0.2) is 36.5 Å². The zero-order valence-electron chi connectivity index (χ0n) is 17.0. The van der Waals surface area contributed by atoms with Gasteiger partial charge < -0.3 is 9.47 Å². The summed E-state index contributed by atoms with van der Waals surface area (Å²) in [6, 6.07) is 10.0. The minimum Gasteiger partial charge on any atom is -0.347 e. The number of alkyl halides is 2. The molecule has 0 N–H and O–H groups in total. The van der Waals surface area contributed by atoms with Gasteiger partial charge in [-0.15, -0.1) is 0 Å². The summed E-state index contributed by atoms with van der Waals surface area (Å²) in [7, 11) is 2.09. The Bertz CT molecular complexity index is 1060. The topological polar surface area (TPSA) is 38.1 Å². The molecule has 1 amide bonds. The predicted octanol–water partition coefficient (Wildman–Crippen LogP) is 4.98. The second-order valence-electron chi connectivity index (χ2n) is 7.86. The van der Waals surface area contributed by atoms with Gasteiger partial charge in [0.1, 0.15) is 0 Å². The van der Waals surface area contributed by atoms with Crippen LogP contribution in [-0.4, -0.2) is 39.4 Å². The standard InChI is InChI=1S/C23H25F2N3O/c1-4-19-13-18-12-17(11-15(2)21(18)27(19)3)20-6-5-16(14-26-20)22(29)28-9-7-23(24,25)8-10-28/h5-6,11-14H,4,7-10H2,1-3H3. The highest BCUT2D eigenvalue weighted by Crippen LogP contribution is 2.30. The molecule has 6 heteroatoms. The normalized spacial score (nSPS) is 16.4. The first-order valence-electron chi connectivity index (χ1n) is 10.0. The molecule has 1 saturated heterocycles. The van der Waals surface area contributed by atoms with Gasteiger partial charge in [-0.2, -0.15) is 0 Å². The first kappa shape index (κ1) is 19.6. The largest absolute Gasteiger partial charge is 0.347 e. The highest BCUT2D eigenvalue weighted by atomic mass is 19.3. The maximum Gasteiger partial charge on any atom is 0.255 e. The Hall–Kier alpha value is -2.76. The van der Waals surface area contributed by atoms with Gasteiger partial charge in [-0.05, 0) is 49.2 Å². The van der Waals surface area contributed by atoms with E-state index in [1.54, 1.807) is 12.3 Å². The van der Waals surface area contributed by atoms with Crippen molar-refractivity contribution >= 4 is 16.8 Å². The van der Waals surface area contributed by atoms with Gasteiger partial charge in [0.15, 0.2) is 0 Å². The summed E-state index contributed by atoms with van der Waals surface area (Å²) < 4.78 is 28.9. The quantitative estimate of drug-likeness (QED) is 0.625. The van der Waals surface area contributed by atoms with Gasteiger partial charge in [-0.1, -0.05) is 6.92 Å². The molecule has 1 aromatic carbocycles. The summed E-state index contributed by atoms with van der Waals surface area (Å²) in [5.41, 5.74) is 5.90. The number of piperidine rings is 1. The number of carbonyl (C=O) groups is 1. The van der Waals surface area contributed by atoms with E-state index in [-0.39, 0.29) is 31.8 Å². The van der Waals surface area contributed by atoms with Gasteiger partial charge in [0.2, 0.25) is 0 Å². The van der Waals surface area contributed by atoms with Crippen molar-refractivity contribution in [2.45, 2.75) is 39.0 Å². The Morgan fingerprint density at radius 2 is 1.90 bits per heavy atom. The fraction of sp³-hybridized carbons (Fsp3) is 0.391. The van der Waals surface area contributed by atoms with Gasteiger partial charge in [-0.25, -0.2) is 8.78 Å². The number of aromatic nitrogens is 2. The van der Waals surface area contributed by atoms with Crippen LogP contribution >= 0.6 is 0 Å². The van der Waals surface area contributed by atoms with Crippen molar-refractivity contribution in [3.8, 4) is 11.3 Å². The van der Waals surface area contributed by atoms with Gasteiger partial charge in [0.05, 0.1) is 16.8 Å². The van der Waals surface area contributed by atoms with Crippen LogP contribution in [0.2, 0.25) is 0 Å². The molecular weight excluding hydrogens is 372 g/mol. The summed E-state index contributed by atoms with van der Waals surface area (Å²) in [5, 5.41) is 1.18. The Morgan fingerprint density at radius 3 is 2.52 bits per heavy atom. The van der Waals surface area contributed by atoms with E-state index in [0.717, 1.165) is 17.7 Å². The number of pyridine rings is 1. The molecule has 1 aliphatic rings. The van der Waals surface area contributed by atoms with Crippen LogP contribution in [0.3, 0.4) is 0 Å². The van der Waals surface area contributed by atoms with E-state index in [4.69, 9.17) is 0 Å². The van der Waals surface area contributed by atoms with Crippen LogP contribution in [0, 0.1) is 6.92 Å². The van der Waals surface area contributed by atoms with Gasteiger partial charge in [-0.3, -0.25) is 9.78 Å². The molecule has 29 heavy (non-hydrogen) atoms. The molecule has 0 aliphatic carbocycles. The van der Waals surface area contributed by atoms with Crippen LogP contribution in [0.25, 0.3) is 22.2 Å². The lowest BCUT2D eigenvalue weighted by atomic mass is 10.0. The van der Waals surface area contributed by atoms with Crippen molar-refractivity contribution in [1.29, 1.82) is 0 Å². The number of likely N-dealkylation sites (tertiary alicyclic amines) is 1. The monoisotopic (exact) mass is 397 g/mol. The number of fused-ring (bicyclic) bond motifs is 1. The zero-order chi connectivity index (χ0) is 20.8. The third-order valence-electron chi connectivity index (χ3n) is 5.87. The fourth-order valence-corrected chi connectivity index (χ4v) is 4.19. The molecule has 0 unspecified atom stereocenters. The molecule has 0 radical (unpaired) electrons. The molecular formula is C23H25F2N3O. The van der Waals surface area contributed by atoms with Crippen molar-refractivity contribution in [3.63, 3.8) is 0 Å². The van der Waals surface area contributed by atoms with Gasteiger partial charge >= 0.3 is 0 Å². The zero-order valence-corrected chi connectivity index (χ0v) is 17.0. The number of nitrogens with zero attached hydrogens (tertiary/aromatic N) is 3. The molecule has 0 spiro atoms. The van der Waals surface area contributed by atoms with Crippen molar-refractivity contribution in [2.75, 3.05) is 13.1 Å². The molecule has 1 aliphatic heterocycles. The Morgan fingerprint density at radius 1 is 1.17 bits per heavy atom.